The molecule has 0 fully saturated rings. The van der Waals surface area contributed by atoms with Crippen molar-refractivity contribution < 1.29 is 14.9 Å². The Bertz CT molecular complexity index is 350. The lowest BCUT2D eigenvalue weighted by molar-refractivity contribution is 0.0762. The van der Waals surface area contributed by atoms with Gasteiger partial charge in [0.15, 0.2) is 0 Å². The summed E-state index contributed by atoms with van der Waals surface area (Å²) in [5.74, 6) is 0.785. The Balaban J connectivity index is 2.85. The smallest absolute Gasteiger partial charge is 0.142 e. The van der Waals surface area contributed by atoms with Gasteiger partial charge in [-0.2, -0.15) is 0 Å². The Hall–Kier alpha value is -1.26. The Morgan fingerprint density at radius 3 is 2.35 bits per heavy atom. The average Bonchev–Trinajstić information content (AvgIpc) is 2.38. The van der Waals surface area contributed by atoms with Crippen LogP contribution in [0.2, 0.25) is 0 Å². The number of ether oxygens (including phenoxy) is 1. The predicted octanol–water partition coefficient (Wildman–Crippen LogP) is 1.12. The molecule has 1 rings (SSSR count). The third kappa shape index (κ3) is 3.35. The summed E-state index contributed by atoms with van der Waals surface area (Å²) in [6.07, 6.45) is 0. The zero-order chi connectivity index (χ0) is 12.9. The fourth-order valence-corrected chi connectivity index (χ4v) is 1.75. The number of benzene rings is 1. The highest BCUT2D eigenvalue weighted by Crippen LogP contribution is 2.29. The summed E-state index contributed by atoms with van der Waals surface area (Å²) >= 11 is 0. The largest absolute Gasteiger partial charge is 0.495 e. The number of para-hydroxylation sites is 2. The van der Waals surface area contributed by atoms with Crippen LogP contribution in [0.15, 0.2) is 24.3 Å². The summed E-state index contributed by atoms with van der Waals surface area (Å²) in [6.45, 7) is 2.30. The summed E-state index contributed by atoms with van der Waals surface area (Å²) in [6, 6.07) is 7.69. The highest BCUT2D eigenvalue weighted by Gasteiger charge is 2.25. The molecule has 0 aliphatic heterocycles. The van der Waals surface area contributed by atoms with Crippen molar-refractivity contribution in [2.45, 2.75) is 6.92 Å². The maximum absolute atomic E-state index is 9.29. The number of aliphatic hydroxyl groups excluding tert-OH is 2. The zero-order valence-electron chi connectivity index (χ0n) is 10.7. The zero-order valence-corrected chi connectivity index (χ0v) is 10.7. The van der Waals surface area contributed by atoms with E-state index in [4.69, 9.17) is 4.74 Å². The van der Waals surface area contributed by atoms with Gasteiger partial charge in [0.1, 0.15) is 5.75 Å². The topological polar surface area (TPSA) is 52.9 Å². The standard InChI is InChI=1S/C13H21NO3/c1-13(9-15,10-16)8-14(2)11-6-4-5-7-12(11)17-3/h4-7,15-16H,8-10H2,1-3H3. The molecule has 0 radical (unpaired) electrons. The molecular weight excluding hydrogens is 218 g/mol. The molecule has 0 heterocycles. The molecule has 4 nitrogen and oxygen atoms in total. The highest BCUT2D eigenvalue weighted by molar-refractivity contribution is 5.57. The van der Waals surface area contributed by atoms with Crippen LogP contribution in [-0.2, 0) is 0 Å². The lowest BCUT2D eigenvalue weighted by Gasteiger charge is -2.32. The van der Waals surface area contributed by atoms with Crippen molar-refractivity contribution in [3.05, 3.63) is 24.3 Å². The van der Waals surface area contributed by atoms with Gasteiger partial charge in [-0.15, -0.1) is 0 Å². The Morgan fingerprint density at radius 2 is 1.82 bits per heavy atom. The van der Waals surface area contributed by atoms with Crippen LogP contribution in [-0.4, -0.2) is 44.1 Å². The lowest BCUT2D eigenvalue weighted by atomic mass is 9.92. The van der Waals surface area contributed by atoms with E-state index in [0.717, 1.165) is 11.4 Å². The maximum atomic E-state index is 9.29. The van der Waals surface area contributed by atoms with Crippen LogP contribution in [0.25, 0.3) is 0 Å². The SMILES string of the molecule is COc1ccccc1N(C)CC(C)(CO)CO. The Kier molecular flexibility index (Phi) is 4.78. The second kappa shape index (κ2) is 5.89. The summed E-state index contributed by atoms with van der Waals surface area (Å²) in [7, 11) is 3.55. The highest BCUT2D eigenvalue weighted by atomic mass is 16.5. The van der Waals surface area contributed by atoms with Gasteiger partial charge in [0.25, 0.3) is 0 Å². The second-order valence-electron chi connectivity index (χ2n) is 4.65. The van der Waals surface area contributed by atoms with Crippen LogP contribution in [0, 0.1) is 5.41 Å². The molecule has 1 aromatic rings. The third-order valence-corrected chi connectivity index (χ3v) is 2.88. The second-order valence-corrected chi connectivity index (χ2v) is 4.65. The van der Waals surface area contributed by atoms with Gasteiger partial charge < -0.3 is 19.8 Å². The average molecular weight is 239 g/mol. The number of anilines is 1. The lowest BCUT2D eigenvalue weighted by Crippen LogP contribution is -2.39. The minimum Gasteiger partial charge on any atom is -0.495 e. The Morgan fingerprint density at radius 1 is 1.24 bits per heavy atom. The van der Waals surface area contributed by atoms with Crippen molar-refractivity contribution >= 4 is 5.69 Å². The van der Waals surface area contributed by atoms with E-state index in [9.17, 15) is 10.2 Å². The first-order valence-electron chi connectivity index (χ1n) is 5.62. The monoisotopic (exact) mass is 239 g/mol. The number of aliphatic hydroxyl groups is 2. The molecule has 1 aromatic carbocycles. The van der Waals surface area contributed by atoms with E-state index in [2.05, 4.69) is 0 Å². The van der Waals surface area contributed by atoms with E-state index in [1.54, 1.807) is 7.11 Å². The Labute approximate surface area is 102 Å². The fourth-order valence-electron chi connectivity index (χ4n) is 1.75. The van der Waals surface area contributed by atoms with Crippen LogP contribution in [0.4, 0.5) is 5.69 Å². The molecule has 96 valence electrons. The molecule has 0 amide bonds. The van der Waals surface area contributed by atoms with Gasteiger partial charge in [-0.3, -0.25) is 0 Å². The summed E-state index contributed by atoms with van der Waals surface area (Å²) < 4.78 is 5.28. The van der Waals surface area contributed by atoms with E-state index >= 15 is 0 Å². The number of methoxy groups -OCH3 is 1. The normalized spacial score (nSPS) is 11.4. The van der Waals surface area contributed by atoms with E-state index < -0.39 is 5.41 Å². The molecule has 0 aliphatic carbocycles. The van der Waals surface area contributed by atoms with Crippen molar-refractivity contribution in [2.24, 2.45) is 5.41 Å². The number of rotatable bonds is 6. The molecule has 0 aliphatic rings. The molecule has 4 heteroatoms. The maximum Gasteiger partial charge on any atom is 0.142 e. The van der Waals surface area contributed by atoms with Gasteiger partial charge in [0, 0.05) is 19.0 Å². The molecule has 17 heavy (non-hydrogen) atoms. The number of hydrogen-bond acceptors (Lipinski definition) is 4. The van der Waals surface area contributed by atoms with Crippen LogP contribution in [0.5, 0.6) is 5.75 Å². The predicted molar refractivity (Wildman–Crippen MR) is 68.5 cm³/mol. The molecule has 0 spiro atoms. The molecule has 0 aromatic heterocycles. The molecule has 0 unspecified atom stereocenters. The molecule has 0 atom stereocenters. The quantitative estimate of drug-likeness (QED) is 0.781. The molecular formula is C13H21NO3. The molecule has 0 saturated heterocycles. The van der Waals surface area contributed by atoms with Crippen molar-refractivity contribution in [1.82, 2.24) is 0 Å². The van der Waals surface area contributed by atoms with E-state index in [0.29, 0.717) is 6.54 Å². The minimum absolute atomic E-state index is 0.0526. The fraction of sp³-hybridized carbons (Fsp3) is 0.538. The first-order valence-corrected chi connectivity index (χ1v) is 5.62. The van der Waals surface area contributed by atoms with Crippen molar-refractivity contribution in [2.75, 3.05) is 38.8 Å². The first-order chi connectivity index (χ1) is 8.06. The van der Waals surface area contributed by atoms with E-state index in [1.165, 1.54) is 0 Å². The van der Waals surface area contributed by atoms with Gasteiger partial charge in [0.2, 0.25) is 0 Å². The van der Waals surface area contributed by atoms with Gasteiger partial charge in [-0.25, -0.2) is 0 Å². The van der Waals surface area contributed by atoms with Crippen LogP contribution in [0.1, 0.15) is 6.92 Å². The summed E-state index contributed by atoms with van der Waals surface area (Å²) in [5.41, 5.74) is 0.429. The van der Waals surface area contributed by atoms with Crippen LogP contribution in [0.3, 0.4) is 0 Å². The molecule has 2 N–H and O–H groups in total. The van der Waals surface area contributed by atoms with E-state index in [1.807, 2.05) is 43.1 Å². The molecule has 0 saturated carbocycles. The minimum atomic E-state index is -0.518. The van der Waals surface area contributed by atoms with Gasteiger partial charge in [0.05, 0.1) is 26.0 Å². The summed E-state index contributed by atoms with van der Waals surface area (Å²) in [4.78, 5) is 1.98. The van der Waals surface area contributed by atoms with Crippen LogP contribution < -0.4 is 9.64 Å². The first kappa shape index (κ1) is 13.8. The third-order valence-electron chi connectivity index (χ3n) is 2.88. The van der Waals surface area contributed by atoms with Crippen LogP contribution >= 0.6 is 0 Å². The van der Waals surface area contributed by atoms with E-state index in [-0.39, 0.29) is 13.2 Å². The summed E-state index contributed by atoms with van der Waals surface area (Å²) in [5, 5.41) is 18.6. The number of hydrogen-bond donors (Lipinski definition) is 2. The van der Waals surface area contributed by atoms with Gasteiger partial charge >= 0.3 is 0 Å². The van der Waals surface area contributed by atoms with Gasteiger partial charge in [-0.05, 0) is 12.1 Å². The van der Waals surface area contributed by atoms with Crippen molar-refractivity contribution in [3.63, 3.8) is 0 Å². The molecule has 0 bridgehead atoms. The van der Waals surface area contributed by atoms with Crippen molar-refractivity contribution in [3.8, 4) is 5.75 Å². The number of nitrogens with zero attached hydrogens (tertiary/aromatic N) is 1. The van der Waals surface area contributed by atoms with Crippen molar-refractivity contribution in [1.29, 1.82) is 0 Å². The van der Waals surface area contributed by atoms with Gasteiger partial charge in [-0.1, -0.05) is 19.1 Å².